The van der Waals surface area contributed by atoms with Crippen LogP contribution in [0.3, 0.4) is 0 Å². The summed E-state index contributed by atoms with van der Waals surface area (Å²) in [4.78, 5) is 2.61. The summed E-state index contributed by atoms with van der Waals surface area (Å²) < 4.78 is 26.3. The summed E-state index contributed by atoms with van der Waals surface area (Å²) in [6, 6.07) is 7.31. The monoisotopic (exact) mass is 311 g/mol. The van der Waals surface area contributed by atoms with E-state index in [4.69, 9.17) is 0 Å². The van der Waals surface area contributed by atoms with Crippen LogP contribution < -0.4 is 10.2 Å². The molecule has 1 unspecified atom stereocenters. The topological polar surface area (TPSA) is 52.7 Å². The van der Waals surface area contributed by atoms with Gasteiger partial charge in [0.1, 0.15) is 4.90 Å². The normalized spacial score (nSPS) is 20.0. The fourth-order valence-corrected chi connectivity index (χ4v) is 3.98. The average molecular weight is 311 g/mol. The Bertz CT molecular complexity index is 570. The van der Waals surface area contributed by atoms with Gasteiger partial charge in [-0.25, -0.2) is 12.7 Å². The SMILES string of the molecule is CNCC1CCCN(c2ccccc2S(=O)(=O)N(C)C)C1. The quantitative estimate of drug-likeness (QED) is 0.892. The molecule has 1 aliphatic heterocycles. The third kappa shape index (κ3) is 3.56. The first kappa shape index (κ1) is 16.3. The summed E-state index contributed by atoms with van der Waals surface area (Å²) in [7, 11) is 1.70. The third-order valence-electron chi connectivity index (χ3n) is 3.98. The van der Waals surface area contributed by atoms with E-state index in [0.717, 1.165) is 31.7 Å². The number of benzene rings is 1. The maximum atomic E-state index is 12.5. The summed E-state index contributed by atoms with van der Waals surface area (Å²) in [5.41, 5.74) is 0.826. The molecule has 0 saturated carbocycles. The molecule has 1 N–H and O–H groups in total. The molecule has 118 valence electrons. The van der Waals surface area contributed by atoms with Crippen LogP contribution in [0.25, 0.3) is 0 Å². The molecule has 0 aliphatic carbocycles. The number of anilines is 1. The highest BCUT2D eigenvalue weighted by Gasteiger charge is 2.26. The van der Waals surface area contributed by atoms with Crippen LogP contribution in [0.1, 0.15) is 12.8 Å². The van der Waals surface area contributed by atoms with E-state index in [0.29, 0.717) is 10.8 Å². The molecule has 1 aromatic carbocycles. The first-order valence-electron chi connectivity index (χ1n) is 7.38. The van der Waals surface area contributed by atoms with E-state index in [2.05, 4.69) is 10.2 Å². The fraction of sp³-hybridized carbons (Fsp3) is 0.600. The van der Waals surface area contributed by atoms with Crippen molar-refractivity contribution in [2.24, 2.45) is 5.92 Å². The van der Waals surface area contributed by atoms with Gasteiger partial charge in [-0.1, -0.05) is 12.1 Å². The Labute approximate surface area is 128 Å². The fourth-order valence-electron chi connectivity index (χ4n) is 2.87. The van der Waals surface area contributed by atoms with Gasteiger partial charge in [-0.05, 0) is 44.5 Å². The lowest BCUT2D eigenvalue weighted by Gasteiger charge is -2.35. The average Bonchev–Trinajstić information content (AvgIpc) is 2.48. The molecular formula is C15H25N3O2S. The van der Waals surface area contributed by atoms with E-state index in [1.807, 2.05) is 19.2 Å². The zero-order chi connectivity index (χ0) is 15.5. The number of piperidine rings is 1. The Hall–Kier alpha value is -1.11. The minimum atomic E-state index is -3.41. The van der Waals surface area contributed by atoms with Gasteiger partial charge >= 0.3 is 0 Å². The van der Waals surface area contributed by atoms with Crippen molar-refractivity contribution in [2.45, 2.75) is 17.7 Å². The van der Waals surface area contributed by atoms with Crippen LogP contribution in [-0.4, -0.2) is 53.5 Å². The molecule has 0 amide bonds. The number of rotatable bonds is 5. The molecule has 2 rings (SSSR count). The molecule has 1 saturated heterocycles. The highest BCUT2D eigenvalue weighted by molar-refractivity contribution is 7.89. The Morgan fingerprint density at radius 2 is 2.05 bits per heavy atom. The van der Waals surface area contributed by atoms with Crippen LogP contribution in [0.4, 0.5) is 5.69 Å². The van der Waals surface area contributed by atoms with E-state index >= 15 is 0 Å². The molecule has 21 heavy (non-hydrogen) atoms. The third-order valence-corrected chi connectivity index (χ3v) is 5.84. The lowest BCUT2D eigenvalue weighted by molar-refractivity contribution is 0.401. The largest absolute Gasteiger partial charge is 0.370 e. The van der Waals surface area contributed by atoms with Crippen molar-refractivity contribution in [2.75, 3.05) is 45.7 Å². The van der Waals surface area contributed by atoms with Gasteiger partial charge in [-0.2, -0.15) is 0 Å². The van der Waals surface area contributed by atoms with Gasteiger partial charge in [-0.15, -0.1) is 0 Å². The van der Waals surface area contributed by atoms with Crippen molar-refractivity contribution in [3.8, 4) is 0 Å². The van der Waals surface area contributed by atoms with Crippen LogP contribution >= 0.6 is 0 Å². The van der Waals surface area contributed by atoms with E-state index in [1.54, 1.807) is 26.2 Å². The number of para-hydroxylation sites is 1. The summed E-state index contributed by atoms with van der Waals surface area (Å²) in [5, 5.41) is 3.22. The van der Waals surface area contributed by atoms with Gasteiger partial charge in [0, 0.05) is 27.2 Å². The van der Waals surface area contributed by atoms with Crippen molar-refractivity contribution < 1.29 is 8.42 Å². The predicted octanol–water partition coefficient (Wildman–Crippen LogP) is 1.37. The number of nitrogens with one attached hydrogen (secondary N) is 1. The summed E-state index contributed by atoms with van der Waals surface area (Å²) in [6.45, 7) is 2.79. The van der Waals surface area contributed by atoms with Gasteiger partial charge in [0.25, 0.3) is 0 Å². The molecule has 1 heterocycles. The Morgan fingerprint density at radius 3 is 2.71 bits per heavy atom. The zero-order valence-corrected chi connectivity index (χ0v) is 13.9. The minimum Gasteiger partial charge on any atom is -0.370 e. The van der Waals surface area contributed by atoms with Crippen molar-refractivity contribution in [3.05, 3.63) is 24.3 Å². The molecule has 0 bridgehead atoms. The summed E-state index contributed by atoms with van der Waals surface area (Å²) >= 11 is 0. The van der Waals surface area contributed by atoms with E-state index in [9.17, 15) is 8.42 Å². The zero-order valence-electron chi connectivity index (χ0n) is 13.0. The molecule has 6 heteroatoms. The van der Waals surface area contributed by atoms with Gasteiger partial charge in [0.15, 0.2) is 0 Å². The van der Waals surface area contributed by atoms with E-state index in [-0.39, 0.29) is 0 Å². The first-order valence-corrected chi connectivity index (χ1v) is 8.82. The molecule has 1 aromatic rings. The lowest BCUT2D eigenvalue weighted by Crippen LogP contribution is -2.40. The number of nitrogens with zero attached hydrogens (tertiary/aromatic N) is 2. The molecule has 0 aromatic heterocycles. The van der Waals surface area contributed by atoms with E-state index in [1.165, 1.54) is 10.7 Å². The summed E-state index contributed by atoms with van der Waals surface area (Å²) in [6.07, 6.45) is 2.29. The van der Waals surface area contributed by atoms with Gasteiger partial charge in [-0.3, -0.25) is 0 Å². The predicted molar refractivity (Wildman–Crippen MR) is 86.2 cm³/mol. The molecule has 0 radical (unpaired) electrons. The second-order valence-corrected chi connectivity index (χ2v) is 7.89. The molecule has 1 atom stereocenters. The lowest BCUT2D eigenvalue weighted by atomic mass is 9.97. The molecule has 0 spiro atoms. The second kappa shape index (κ2) is 6.77. The van der Waals surface area contributed by atoms with E-state index < -0.39 is 10.0 Å². The standard InChI is InChI=1S/C15H25N3O2S/c1-16-11-13-7-6-10-18(12-13)14-8-4-5-9-15(14)21(19,20)17(2)3/h4-5,8-9,13,16H,6-7,10-12H2,1-3H3. The molecular weight excluding hydrogens is 286 g/mol. The van der Waals surface area contributed by atoms with Crippen molar-refractivity contribution in [3.63, 3.8) is 0 Å². The highest BCUT2D eigenvalue weighted by Crippen LogP contribution is 2.30. The van der Waals surface area contributed by atoms with Crippen LogP contribution in [-0.2, 0) is 10.0 Å². The van der Waals surface area contributed by atoms with Crippen LogP contribution in [0.5, 0.6) is 0 Å². The Balaban J connectivity index is 2.32. The summed E-state index contributed by atoms with van der Waals surface area (Å²) in [5.74, 6) is 0.568. The van der Waals surface area contributed by atoms with Crippen LogP contribution in [0.15, 0.2) is 29.2 Å². The van der Waals surface area contributed by atoms with Gasteiger partial charge in [0.2, 0.25) is 10.0 Å². The highest BCUT2D eigenvalue weighted by atomic mass is 32.2. The van der Waals surface area contributed by atoms with Gasteiger partial charge < -0.3 is 10.2 Å². The van der Waals surface area contributed by atoms with Crippen molar-refractivity contribution in [1.29, 1.82) is 0 Å². The van der Waals surface area contributed by atoms with Crippen molar-refractivity contribution >= 4 is 15.7 Å². The second-order valence-electron chi connectivity index (χ2n) is 5.77. The number of sulfonamides is 1. The Kier molecular flexibility index (Phi) is 5.24. The molecule has 1 aliphatic rings. The first-order chi connectivity index (χ1) is 9.96. The minimum absolute atomic E-state index is 0.403. The maximum absolute atomic E-state index is 12.5. The van der Waals surface area contributed by atoms with Crippen LogP contribution in [0.2, 0.25) is 0 Å². The van der Waals surface area contributed by atoms with Crippen LogP contribution in [0, 0.1) is 5.92 Å². The van der Waals surface area contributed by atoms with Gasteiger partial charge in [0.05, 0.1) is 5.69 Å². The maximum Gasteiger partial charge on any atom is 0.244 e. The molecule has 1 fully saturated rings. The number of hydrogen-bond donors (Lipinski definition) is 1. The van der Waals surface area contributed by atoms with Crippen molar-refractivity contribution in [1.82, 2.24) is 9.62 Å². The Morgan fingerprint density at radius 1 is 1.33 bits per heavy atom. The number of hydrogen-bond acceptors (Lipinski definition) is 4. The smallest absolute Gasteiger partial charge is 0.244 e. The molecule has 5 nitrogen and oxygen atoms in total.